The topological polar surface area (TPSA) is 108 Å². The number of nitrogens with one attached hydrogen (secondary N) is 3. The first-order valence-corrected chi connectivity index (χ1v) is 11.1. The van der Waals surface area contributed by atoms with Crippen molar-refractivity contribution in [1.82, 2.24) is 15.5 Å². The first kappa shape index (κ1) is 22.5. The number of anilines is 1. The second-order valence-electron chi connectivity index (χ2n) is 8.84. The third kappa shape index (κ3) is 4.20. The second-order valence-corrected chi connectivity index (χ2v) is 8.84. The Kier molecular flexibility index (Phi) is 5.93. The van der Waals surface area contributed by atoms with E-state index >= 15 is 0 Å². The standard InChI is InChI=1S/C25H28N4O4/c1-15-11-16(2)22(17(3)12-15)27-20(30)13-26-21(31)14-29-23(32)25(28-24(29)33)10-6-8-18-7-4-5-9-19(18)25/h4-5,7,9,11-12H,6,8,10,13-14H2,1-3H3,(H,26,31)(H,27,30)(H,28,33)/t25-/m1/s1. The van der Waals surface area contributed by atoms with Crippen molar-refractivity contribution in [2.45, 2.75) is 45.6 Å². The summed E-state index contributed by atoms with van der Waals surface area (Å²) in [4.78, 5) is 51.7. The van der Waals surface area contributed by atoms with Gasteiger partial charge in [0.15, 0.2) is 0 Å². The maximum atomic E-state index is 13.3. The fraction of sp³-hybridized carbons (Fsp3) is 0.360. The molecule has 0 unspecified atom stereocenters. The monoisotopic (exact) mass is 448 g/mol. The van der Waals surface area contributed by atoms with Crippen LogP contribution in [0.2, 0.25) is 0 Å². The fourth-order valence-electron chi connectivity index (χ4n) is 4.89. The van der Waals surface area contributed by atoms with E-state index in [1.165, 1.54) is 0 Å². The predicted molar refractivity (Wildman–Crippen MR) is 124 cm³/mol. The molecule has 2 aliphatic rings. The molecule has 2 aromatic rings. The summed E-state index contributed by atoms with van der Waals surface area (Å²) in [5.41, 5.74) is 4.39. The Morgan fingerprint density at radius 3 is 2.48 bits per heavy atom. The van der Waals surface area contributed by atoms with Crippen molar-refractivity contribution in [2.75, 3.05) is 18.4 Å². The molecule has 8 nitrogen and oxygen atoms in total. The number of rotatable bonds is 5. The number of imide groups is 1. The average molecular weight is 449 g/mol. The molecular weight excluding hydrogens is 420 g/mol. The van der Waals surface area contributed by atoms with E-state index < -0.39 is 29.9 Å². The lowest BCUT2D eigenvalue weighted by Gasteiger charge is -2.33. The molecule has 1 aliphatic heterocycles. The van der Waals surface area contributed by atoms with Gasteiger partial charge in [-0.1, -0.05) is 42.0 Å². The highest BCUT2D eigenvalue weighted by atomic mass is 16.2. The third-order valence-corrected chi connectivity index (χ3v) is 6.34. The van der Waals surface area contributed by atoms with Crippen LogP contribution in [0.3, 0.4) is 0 Å². The highest BCUT2D eigenvalue weighted by Crippen LogP contribution is 2.39. The van der Waals surface area contributed by atoms with Crippen LogP contribution < -0.4 is 16.0 Å². The molecule has 1 saturated heterocycles. The molecule has 1 atom stereocenters. The highest BCUT2D eigenvalue weighted by Gasteiger charge is 2.54. The summed E-state index contributed by atoms with van der Waals surface area (Å²) in [6.07, 6.45) is 2.10. The van der Waals surface area contributed by atoms with Crippen LogP contribution in [0.15, 0.2) is 36.4 Å². The van der Waals surface area contributed by atoms with Gasteiger partial charge in [-0.2, -0.15) is 0 Å². The van der Waals surface area contributed by atoms with Gasteiger partial charge < -0.3 is 16.0 Å². The molecule has 1 aliphatic carbocycles. The van der Waals surface area contributed by atoms with Gasteiger partial charge in [-0.15, -0.1) is 0 Å². The quantitative estimate of drug-likeness (QED) is 0.611. The molecule has 1 heterocycles. The van der Waals surface area contributed by atoms with Crippen molar-refractivity contribution >= 4 is 29.4 Å². The van der Waals surface area contributed by atoms with Gasteiger partial charge in [-0.25, -0.2) is 4.79 Å². The molecule has 2 aromatic carbocycles. The number of fused-ring (bicyclic) bond motifs is 2. The summed E-state index contributed by atoms with van der Waals surface area (Å²) in [5, 5.41) is 8.15. The minimum absolute atomic E-state index is 0.261. The summed E-state index contributed by atoms with van der Waals surface area (Å²) in [6, 6.07) is 10.9. The normalized spacial score (nSPS) is 19.3. The number of aryl methyl sites for hydroxylation is 4. The number of carbonyl (C=O) groups is 4. The van der Waals surface area contributed by atoms with Crippen LogP contribution in [-0.2, 0) is 26.3 Å². The number of carbonyl (C=O) groups excluding carboxylic acids is 4. The molecule has 0 saturated carbocycles. The first-order valence-electron chi connectivity index (χ1n) is 11.1. The molecule has 8 heteroatoms. The molecule has 0 radical (unpaired) electrons. The van der Waals surface area contributed by atoms with Crippen molar-refractivity contribution < 1.29 is 19.2 Å². The van der Waals surface area contributed by atoms with Crippen LogP contribution in [0.4, 0.5) is 10.5 Å². The van der Waals surface area contributed by atoms with Gasteiger partial charge in [-0.05, 0) is 62.3 Å². The Bertz CT molecular complexity index is 1140. The van der Waals surface area contributed by atoms with Crippen LogP contribution in [-0.4, -0.2) is 41.7 Å². The van der Waals surface area contributed by atoms with Crippen molar-refractivity contribution in [2.24, 2.45) is 0 Å². The van der Waals surface area contributed by atoms with E-state index in [0.717, 1.165) is 45.6 Å². The SMILES string of the molecule is Cc1cc(C)c(NC(=O)CNC(=O)CN2C(=O)N[C@@]3(CCCc4ccccc43)C2=O)c(C)c1. The smallest absolute Gasteiger partial charge is 0.325 e. The summed E-state index contributed by atoms with van der Waals surface area (Å²) < 4.78 is 0. The van der Waals surface area contributed by atoms with E-state index in [1.54, 1.807) is 0 Å². The molecule has 3 N–H and O–H groups in total. The molecule has 1 spiro atoms. The second kappa shape index (κ2) is 8.69. The fourth-order valence-corrected chi connectivity index (χ4v) is 4.89. The van der Waals surface area contributed by atoms with Gasteiger partial charge in [-0.3, -0.25) is 19.3 Å². The van der Waals surface area contributed by atoms with E-state index in [-0.39, 0.29) is 12.5 Å². The zero-order chi connectivity index (χ0) is 23.8. The van der Waals surface area contributed by atoms with Crippen molar-refractivity contribution in [1.29, 1.82) is 0 Å². The molecule has 1 fully saturated rings. The van der Waals surface area contributed by atoms with Gasteiger partial charge in [0.2, 0.25) is 11.8 Å². The van der Waals surface area contributed by atoms with Gasteiger partial charge in [0.25, 0.3) is 5.91 Å². The maximum Gasteiger partial charge on any atom is 0.325 e. The van der Waals surface area contributed by atoms with Crippen molar-refractivity contribution in [3.63, 3.8) is 0 Å². The van der Waals surface area contributed by atoms with Gasteiger partial charge in [0.1, 0.15) is 12.1 Å². The Hall–Kier alpha value is -3.68. The Labute approximate surface area is 192 Å². The number of amides is 5. The summed E-state index contributed by atoms with van der Waals surface area (Å²) in [6.45, 7) is 5.10. The molecule has 0 bridgehead atoms. The van der Waals surface area contributed by atoms with Crippen LogP contribution in [0.5, 0.6) is 0 Å². The first-order chi connectivity index (χ1) is 15.7. The average Bonchev–Trinajstić information content (AvgIpc) is 3.00. The number of hydrogen-bond acceptors (Lipinski definition) is 4. The predicted octanol–water partition coefficient (Wildman–Crippen LogP) is 2.45. The minimum atomic E-state index is -1.12. The van der Waals surface area contributed by atoms with Crippen LogP contribution in [0.25, 0.3) is 0 Å². The third-order valence-electron chi connectivity index (χ3n) is 6.34. The minimum Gasteiger partial charge on any atom is -0.345 e. The largest absolute Gasteiger partial charge is 0.345 e. The van der Waals surface area contributed by atoms with Crippen molar-refractivity contribution in [3.05, 3.63) is 64.2 Å². The Morgan fingerprint density at radius 1 is 1.06 bits per heavy atom. The molecular formula is C25H28N4O4. The molecule has 0 aromatic heterocycles. The molecule has 172 valence electrons. The molecule has 4 rings (SSSR count). The summed E-state index contributed by atoms with van der Waals surface area (Å²) >= 11 is 0. The van der Waals surface area contributed by atoms with E-state index in [4.69, 9.17) is 0 Å². The Morgan fingerprint density at radius 2 is 1.76 bits per heavy atom. The van der Waals surface area contributed by atoms with E-state index in [2.05, 4.69) is 16.0 Å². The number of urea groups is 1. The van der Waals surface area contributed by atoms with Crippen LogP contribution in [0, 0.1) is 20.8 Å². The maximum absolute atomic E-state index is 13.3. The highest BCUT2D eigenvalue weighted by molar-refractivity contribution is 6.09. The van der Waals surface area contributed by atoms with Gasteiger partial charge in [0.05, 0.1) is 6.54 Å². The lowest BCUT2D eigenvalue weighted by Crippen LogP contribution is -2.47. The number of hydrogen-bond donors (Lipinski definition) is 3. The molecule has 33 heavy (non-hydrogen) atoms. The summed E-state index contributed by atoms with van der Waals surface area (Å²) in [5.74, 6) is -1.38. The number of benzene rings is 2. The zero-order valence-corrected chi connectivity index (χ0v) is 19.1. The Balaban J connectivity index is 1.38. The molecule has 5 amide bonds. The lowest BCUT2D eigenvalue weighted by molar-refractivity contribution is -0.135. The van der Waals surface area contributed by atoms with E-state index in [0.29, 0.717) is 12.1 Å². The van der Waals surface area contributed by atoms with Gasteiger partial charge in [0, 0.05) is 5.69 Å². The van der Waals surface area contributed by atoms with Crippen molar-refractivity contribution in [3.8, 4) is 0 Å². The van der Waals surface area contributed by atoms with E-state index in [9.17, 15) is 19.2 Å². The van der Waals surface area contributed by atoms with Crippen LogP contribution >= 0.6 is 0 Å². The van der Waals surface area contributed by atoms with Gasteiger partial charge >= 0.3 is 6.03 Å². The number of nitrogens with zero attached hydrogens (tertiary/aromatic N) is 1. The summed E-state index contributed by atoms with van der Waals surface area (Å²) in [7, 11) is 0. The van der Waals surface area contributed by atoms with Crippen LogP contribution in [0.1, 0.15) is 40.7 Å². The van der Waals surface area contributed by atoms with E-state index in [1.807, 2.05) is 57.2 Å². The lowest BCUT2D eigenvalue weighted by atomic mass is 9.76. The zero-order valence-electron chi connectivity index (χ0n) is 19.1.